The molecule has 1 fully saturated rings. The lowest BCUT2D eigenvalue weighted by molar-refractivity contribution is -0.132. The molecular formula is C20H25N3O3. The molecule has 6 nitrogen and oxygen atoms in total. The molecule has 0 bridgehead atoms. The van der Waals surface area contributed by atoms with Gasteiger partial charge in [0.1, 0.15) is 12.2 Å². The summed E-state index contributed by atoms with van der Waals surface area (Å²) in [6.45, 7) is 3.83. The highest BCUT2D eigenvalue weighted by Gasteiger charge is 2.30. The summed E-state index contributed by atoms with van der Waals surface area (Å²) in [5.74, 6) is -0.0474. The van der Waals surface area contributed by atoms with Gasteiger partial charge >= 0.3 is 0 Å². The minimum absolute atomic E-state index is 0.0474. The molecule has 138 valence electrons. The Morgan fingerprint density at radius 3 is 2.92 bits per heavy atom. The number of benzene rings is 1. The SMILES string of the molecule is C[C@@H]1CC[C@H](C(=O)NCC2OCCc3cn(Cc4ccccc4)nc32)O1. The number of nitrogens with zero attached hydrogens (tertiary/aromatic N) is 2. The summed E-state index contributed by atoms with van der Waals surface area (Å²) in [5, 5.41) is 7.70. The van der Waals surface area contributed by atoms with Gasteiger partial charge in [0.2, 0.25) is 5.91 Å². The van der Waals surface area contributed by atoms with Gasteiger partial charge in [-0.2, -0.15) is 5.10 Å². The van der Waals surface area contributed by atoms with E-state index in [0.717, 1.165) is 31.5 Å². The molecule has 1 unspecified atom stereocenters. The highest BCUT2D eigenvalue weighted by molar-refractivity contribution is 5.81. The third-order valence-corrected chi connectivity index (χ3v) is 5.04. The largest absolute Gasteiger partial charge is 0.370 e. The number of carbonyl (C=O) groups excluding carboxylic acids is 1. The van der Waals surface area contributed by atoms with Gasteiger partial charge in [-0.25, -0.2) is 0 Å². The lowest BCUT2D eigenvalue weighted by Gasteiger charge is -2.23. The number of hydrogen-bond donors (Lipinski definition) is 1. The first kappa shape index (κ1) is 17.2. The molecule has 2 aliphatic rings. The van der Waals surface area contributed by atoms with Gasteiger partial charge in [0, 0.05) is 12.7 Å². The molecule has 1 amide bonds. The Labute approximate surface area is 153 Å². The Bertz CT molecular complexity index is 759. The predicted molar refractivity (Wildman–Crippen MR) is 96.7 cm³/mol. The first-order valence-electron chi connectivity index (χ1n) is 9.34. The minimum Gasteiger partial charge on any atom is -0.370 e. The highest BCUT2D eigenvalue weighted by atomic mass is 16.5. The summed E-state index contributed by atoms with van der Waals surface area (Å²) in [5.41, 5.74) is 3.36. The minimum atomic E-state index is -0.330. The molecule has 1 aromatic heterocycles. The Balaban J connectivity index is 1.39. The van der Waals surface area contributed by atoms with E-state index in [4.69, 9.17) is 14.6 Å². The van der Waals surface area contributed by atoms with Crippen LogP contribution in [0.25, 0.3) is 0 Å². The first-order valence-corrected chi connectivity index (χ1v) is 9.34. The van der Waals surface area contributed by atoms with Crippen molar-refractivity contribution in [2.24, 2.45) is 0 Å². The Kier molecular flexibility index (Phi) is 5.04. The molecule has 0 radical (unpaired) electrons. The van der Waals surface area contributed by atoms with Crippen molar-refractivity contribution >= 4 is 5.91 Å². The van der Waals surface area contributed by atoms with Crippen LogP contribution in [0.1, 0.15) is 42.7 Å². The van der Waals surface area contributed by atoms with Crippen LogP contribution in [0.3, 0.4) is 0 Å². The summed E-state index contributed by atoms with van der Waals surface area (Å²) in [6.07, 6.45) is 4.32. The average molecular weight is 355 g/mol. The molecule has 3 heterocycles. The molecule has 0 saturated carbocycles. The third-order valence-electron chi connectivity index (χ3n) is 5.04. The fraction of sp³-hybridized carbons (Fsp3) is 0.500. The third kappa shape index (κ3) is 3.81. The van der Waals surface area contributed by atoms with Crippen LogP contribution in [0, 0.1) is 0 Å². The van der Waals surface area contributed by atoms with Gasteiger partial charge in [-0.15, -0.1) is 0 Å². The first-order chi connectivity index (χ1) is 12.7. The van der Waals surface area contributed by atoms with Crippen LogP contribution in [-0.2, 0) is 27.2 Å². The topological polar surface area (TPSA) is 65.4 Å². The zero-order valence-electron chi connectivity index (χ0n) is 15.1. The van der Waals surface area contributed by atoms with Gasteiger partial charge in [0.15, 0.2) is 0 Å². The quantitative estimate of drug-likeness (QED) is 0.893. The molecule has 3 atom stereocenters. The molecule has 0 aliphatic carbocycles. The van der Waals surface area contributed by atoms with Gasteiger partial charge in [0.05, 0.1) is 24.9 Å². The number of carbonyl (C=O) groups is 1. The number of amides is 1. The van der Waals surface area contributed by atoms with Gasteiger partial charge in [-0.05, 0) is 37.3 Å². The van der Waals surface area contributed by atoms with Crippen molar-refractivity contribution in [3.8, 4) is 0 Å². The number of nitrogens with one attached hydrogen (secondary N) is 1. The standard InChI is InChI=1S/C20H25N3O3/c1-14-7-8-17(26-14)20(24)21-11-18-19-16(9-10-25-18)13-23(22-19)12-15-5-3-2-4-6-15/h2-6,13-14,17-18H,7-12H2,1H3,(H,21,24)/t14-,17-,18?/m1/s1. The summed E-state index contributed by atoms with van der Waals surface area (Å²) in [4.78, 5) is 12.3. The molecule has 26 heavy (non-hydrogen) atoms. The van der Waals surface area contributed by atoms with Gasteiger partial charge in [-0.1, -0.05) is 30.3 Å². The maximum absolute atomic E-state index is 12.3. The Morgan fingerprint density at radius 2 is 2.15 bits per heavy atom. The van der Waals surface area contributed by atoms with Gasteiger partial charge in [0.25, 0.3) is 0 Å². The van der Waals surface area contributed by atoms with Crippen LogP contribution >= 0.6 is 0 Å². The Morgan fingerprint density at radius 1 is 1.31 bits per heavy atom. The van der Waals surface area contributed by atoms with E-state index in [2.05, 4.69) is 23.6 Å². The van der Waals surface area contributed by atoms with E-state index in [0.29, 0.717) is 13.2 Å². The van der Waals surface area contributed by atoms with Crippen molar-refractivity contribution in [2.75, 3.05) is 13.2 Å². The van der Waals surface area contributed by atoms with E-state index in [-0.39, 0.29) is 24.2 Å². The van der Waals surface area contributed by atoms with E-state index in [1.165, 1.54) is 11.1 Å². The molecule has 6 heteroatoms. The molecule has 4 rings (SSSR count). The average Bonchev–Trinajstić information content (AvgIpc) is 3.26. The van der Waals surface area contributed by atoms with E-state index in [1.807, 2.05) is 29.8 Å². The van der Waals surface area contributed by atoms with Crippen molar-refractivity contribution in [2.45, 2.75) is 51.0 Å². The maximum atomic E-state index is 12.3. The fourth-order valence-electron chi connectivity index (χ4n) is 3.64. The van der Waals surface area contributed by atoms with Crippen molar-refractivity contribution < 1.29 is 14.3 Å². The highest BCUT2D eigenvalue weighted by Crippen LogP contribution is 2.26. The van der Waals surface area contributed by atoms with E-state index in [1.54, 1.807) is 0 Å². The summed E-state index contributed by atoms with van der Waals surface area (Å²) >= 11 is 0. The van der Waals surface area contributed by atoms with Crippen LogP contribution in [0.2, 0.25) is 0 Å². The van der Waals surface area contributed by atoms with Crippen molar-refractivity contribution in [1.82, 2.24) is 15.1 Å². The molecule has 1 N–H and O–H groups in total. The summed E-state index contributed by atoms with van der Waals surface area (Å²) in [7, 11) is 0. The molecule has 1 saturated heterocycles. The second-order valence-electron chi connectivity index (χ2n) is 7.09. The maximum Gasteiger partial charge on any atom is 0.249 e. The summed E-state index contributed by atoms with van der Waals surface area (Å²) < 4.78 is 13.5. The fourth-order valence-corrected chi connectivity index (χ4v) is 3.64. The molecule has 1 aromatic carbocycles. The zero-order chi connectivity index (χ0) is 17.9. The lowest BCUT2D eigenvalue weighted by atomic mass is 10.1. The molecule has 2 aliphatic heterocycles. The number of rotatable bonds is 5. The molecular weight excluding hydrogens is 330 g/mol. The second kappa shape index (κ2) is 7.60. The molecule has 0 spiro atoms. The van der Waals surface area contributed by atoms with E-state index < -0.39 is 0 Å². The number of ether oxygens (including phenoxy) is 2. The van der Waals surface area contributed by atoms with Crippen LogP contribution < -0.4 is 5.32 Å². The van der Waals surface area contributed by atoms with E-state index >= 15 is 0 Å². The predicted octanol–water partition coefficient (Wildman–Crippen LogP) is 2.23. The van der Waals surface area contributed by atoms with E-state index in [9.17, 15) is 4.79 Å². The van der Waals surface area contributed by atoms with Gasteiger partial charge in [-0.3, -0.25) is 9.48 Å². The number of fused-ring (bicyclic) bond motifs is 1. The normalized spacial score (nSPS) is 25.0. The van der Waals surface area contributed by atoms with Gasteiger partial charge < -0.3 is 14.8 Å². The van der Waals surface area contributed by atoms with Crippen LogP contribution in [-0.4, -0.2) is 41.0 Å². The molecule has 2 aromatic rings. The van der Waals surface area contributed by atoms with Crippen molar-refractivity contribution in [3.63, 3.8) is 0 Å². The zero-order valence-corrected chi connectivity index (χ0v) is 15.1. The monoisotopic (exact) mass is 355 g/mol. The van der Waals surface area contributed by atoms with Crippen LogP contribution in [0.15, 0.2) is 36.5 Å². The van der Waals surface area contributed by atoms with Crippen LogP contribution in [0.4, 0.5) is 0 Å². The number of hydrogen-bond acceptors (Lipinski definition) is 4. The van der Waals surface area contributed by atoms with Crippen molar-refractivity contribution in [1.29, 1.82) is 0 Å². The summed E-state index contributed by atoms with van der Waals surface area (Å²) in [6, 6.07) is 10.3. The van der Waals surface area contributed by atoms with Crippen molar-refractivity contribution in [3.05, 3.63) is 53.3 Å². The lowest BCUT2D eigenvalue weighted by Crippen LogP contribution is -2.38. The second-order valence-corrected chi connectivity index (χ2v) is 7.09. The van der Waals surface area contributed by atoms with Crippen LogP contribution in [0.5, 0.6) is 0 Å². The Hall–Kier alpha value is -2.18. The smallest absolute Gasteiger partial charge is 0.249 e. The number of aromatic nitrogens is 2.